The topological polar surface area (TPSA) is 72.1 Å². The fourth-order valence-corrected chi connectivity index (χ4v) is 3.53. The number of rotatable bonds is 5. The van der Waals surface area contributed by atoms with Crippen LogP contribution in [0.15, 0.2) is 27.5 Å². The first-order valence-electron chi connectivity index (χ1n) is 8.41. The monoisotopic (exact) mass is 390 g/mol. The number of carbonyl (C=O) groups excluding carboxylic acids is 1. The van der Waals surface area contributed by atoms with Crippen molar-refractivity contribution < 1.29 is 9.32 Å². The van der Waals surface area contributed by atoms with E-state index < -0.39 is 0 Å². The van der Waals surface area contributed by atoms with E-state index in [-0.39, 0.29) is 5.91 Å². The molecule has 0 N–H and O–H groups in total. The molecule has 1 saturated carbocycles. The summed E-state index contributed by atoms with van der Waals surface area (Å²) in [6.07, 6.45) is 8.49. The third kappa shape index (κ3) is 3.50. The van der Waals surface area contributed by atoms with Crippen molar-refractivity contribution in [2.24, 2.45) is 5.92 Å². The largest absolute Gasteiger partial charge is 0.339 e. The first kappa shape index (κ1) is 15.7. The number of amides is 1. The number of likely N-dealkylation sites (tertiary alicyclic amines) is 1. The van der Waals surface area contributed by atoms with Gasteiger partial charge in [0.05, 0.1) is 5.56 Å². The van der Waals surface area contributed by atoms with E-state index in [1.54, 1.807) is 12.4 Å². The maximum absolute atomic E-state index is 12.5. The number of hydrogen-bond donors (Lipinski definition) is 0. The van der Waals surface area contributed by atoms with Crippen LogP contribution in [0.5, 0.6) is 0 Å². The zero-order chi connectivity index (χ0) is 16.5. The quantitative estimate of drug-likeness (QED) is 0.783. The molecule has 3 heterocycles. The zero-order valence-corrected chi connectivity index (χ0v) is 14.9. The van der Waals surface area contributed by atoms with E-state index in [4.69, 9.17) is 4.52 Å². The molecule has 1 unspecified atom stereocenters. The van der Waals surface area contributed by atoms with Crippen LogP contribution in [0.2, 0.25) is 0 Å². The van der Waals surface area contributed by atoms with E-state index in [0.717, 1.165) is 48.5 Å². The summed E-state index contributed by atoms with van der Waals surface area (Å²) < 4.78 is 6.12. The molecule has 6 nitrogen and oxygen atoms in total. The molecule has 1 aliphatic heterocycles. The molecule has 2 fully saturated rings. The Morgan fingerprint density at radius 3 is 3.00 bits per heavy atom. The Morgan fingerprint density at radius 1 is 1.33 bits per heavy atom. The summed E-state index contributed by atoms with van der Waals surface area (Å²) in [6, 6.07) is 1.82. The van der Waals surface area contributed by atoms with Crippen LogP contribution in [0.1, 0.15) is 53.7 Å². The molecule has 0 aromatic carbocycles. The number of hydrogen-bond acceptors (Lipinski definition) is 5. The average molecular weight is 391 g/mol. The molecular weight excluding hydrogens is 372 g/mol. The predicted octanol–water partition coefficient (Wildman–Crippen LogP) is 3.20. The molecule has 2 aromatic rings. The van der Waals surface area contributed by atoms with Crippen molar-refractivity contribution in [3.8, 4) is 0 Å². The maximum Gasteiger partial charge on any atom is 0.255 e. The van der Waals surface area contributed by atoms with Gasteiger partial charge in [-0.2, -0.15) is 4.98 Å². The van der Waals surface area contributed by atoms with E-state index in [1.807, 2.05) is 11.0 Å². The third-order valence-corrected chi connectivity index (χ3v) is 5.15. The summed E-state index contributed by atoms with van der Waals surface area (Å²) in [7, 11) is 0. The van der Waals surface area contributed by atoms with E-state index in [9.17, 15) is 4.79 Å². The number of halogens is 1. The molecule has 0 radical (unpaired) electrons. The molecule has 0 bridgehead atoms. The van der Waals surface area contributed by atoms with Gasteiger partial charge in [0.25, 0.3) is 5.91 Å². The second-order valence-corrected chi connectivity index (χ2v) is 7.58. The lowest BCUT2D eigenvalue weighted by Crippen LogP contribution is -2.28. The molecule has 4 rings (SSSR count). The lowest BCUT2D eigenvalue weighted by molar-refractivity contribution is 0.0786. The average Bonchev–Trinajstić information content (AvgIpc) is 3.15. The van der Waals surface area contributed by atoms with Gasteiger partial charge >= 0.3 is 0 Å². The summed E-state index contributed by atoms with van der Waals surface area (Å²) in [5.74, 6) is 2.66. The number of nitrogens with zero attached hydrogens (tertiary/aromatic N) is 4. The number of carbonyl (C=O) groups is 1. The third-order valence-electron chi connectivity index (χ3n) is 4.71. The molecular formula is C17H19BrN4O2. The molecule has 1 amide bonds. The molecule has 126 valence electrons. The van der Waals surface area contributed by atoms with Crippen molar-refractivity contribution in [3.05, 3.63) is 40.2 Å². The molecule has 2 aliphatic rings. The van der Waals surface area contributed by atoms with Gasteiger partial charge in [0.15, 0.2) is 5.82 Å². The van der Waals surface area contributed by atoms with Gasteiger partial charge in [-0.1, -0.05) is 5.16 Å². The van der Waals surface area contributed by atoms with Gasteiger partial charge in [-0.15, -0.1) is 0 Å². The minimum Gasteiger partial charge on any atom is -0.339 e. The van der Waals surface area contributed by atoms with Crippen molar-refractivity contribution in [1.82, 2.24) is 20.0 Å². The highest BCUT2D eigenvalue weighted by molar-refractivity contribution is 9.10. The minimum absolute atomic E-state index is 0.0573. The molecule has 1 aliphatic carbocycles. The normalized spacial score (nSPS) is 20.5. The highest BCUT2D eigenvalue weighted by atomic mass is 79.9. The van der Waals surface area contributed by atoms with Crippen LogP contribution in [0.25, 0.3) is 0 Å². The minimum atomic E-state index is 0.0573. The first-order valence-corrected chi connectivity index (χ1v) is 9.20. The van der Waals surface area contributed by atoms with E-state index in [1.165, 1.54) is 12.8 Å². The predicted molar refractivity (Wildman–Crippen MR) is 90.5 cm³/mol. The second kappa shape index (κ2) is 6.63. The Hall–Kier alpha value is -1.76. The van der Waals surface area contributed by atoms with Gasteiger partial charge in [-0.3, -0.25) is 9.78 Å². The van der Waals surface area contributed by atoms with Gasteiger partial charge < -0.3 is 9.42 Å². The molecule has 0 spiro atoms. The standard InChI is InChI=1S/C17H19BrN4O2/c18-14-7-13(8-19-9-14)17(23)22-6-5-11(10-22)1-4-15-20-16(24-21-15)12-2-3-12/h7-9,11-12H,1-6,10H2. The fourth-order valence-electron chi connectivity index (χ4n) is 3.16. The van der Waals surface area contributed by atoms with Crippen LogP contribution in [0, 0.1) is 5.92 Å². The van der Waals surface area contributed by atoms with Crippen LogP contribution in [-0.4, -0.2) is 39.0 Å². The summed E-state index contributed by atoms with van der Waals surface area (Å²) in [6.45, 7) is 1.59. The fraction of sp³-hybridized carbons (Fsp3) is 0.529. The lowest BCUT2D eigenvalue weighted by Gasteiger charge is -2.16. The number of aryl methyl sites for hydroxylation is 1. The van der Waals surface area contributed by atoms with Crippen LogP contribution in [-0.2, 0) is 6.42 Å². The highest BCUT2D eigenvalue weighted by Crippen LogP contribution is 2.38. The highest BCUT2D eigenvalue weighted by Gasteiger charge is 2.30. The van der Waals surface area contributed by atoms with Gasteiger partial charge in [0.2, 0.25) is 5.89 Å². The van der Waals surface area contributed by atoms with Crippen LogP contribution >= 0.6 is 15.9 Å². The maximum atomic E-state index is 12.5. The SMILES string of the molecule is O=C(c1cncc(Br)c1)N1CCC(CCc2noc(C3CC3)n2)C1. The van der Waals surface area contributed by atoms with Gasteiger partial charge in [0.1, 0.15) is 0 Å². The summed E-state index contributed by atoms with van der Waals surface area (Å²) >= 11 is 3.36. The van der Waals surface area contributed by atoms with E-state index in [2.05, 4.69) is 31.1 Å². The van der Waals surface area contributed by atoms with Crippen molar-refractivity contribution in [3.63, 3.8) is 0 Å². The smallest absolute Gasteiger partial charge is 0.255 e. The zero-order valence-electron chi connectivity index (χ0n) is 13.3. The lowest BCUT2D eigenvalue weighted by atomic mass is 10.0. The summed E-state index contributed by atoms with van der Waals surface area (Å²) in [5, 5.41) is 4.07. The van der Waals surface area contributed by atoms with Crippen molar-refractivity contribution in [1.29, 1.82) is 0 Å². The number of pyridine rings is 1. The molecule has 24 heavy (non-hydrogen) atoms. The molecule has 7 heteroatoms. The van der Waals surface area contributed by atoms with E-state index in [0.29, 0.717) is 17.4 Å². The Labute approximate surface area is 148 Å². The molecule has 1 atom stereocenters. The van der Waals surface area contributed by atoms with Crippen molar-refractivity contribution in [2.75, 3.05) is 13.1 Å². The Bertz CT molecular complexity index is 744. The summed E-state index contributed by atoms with van der Waals surface area (Å²) in [4.78, 5) is 23.0. The van der Waals surface area contributed by atoms with Gasteiger partial charge in [-0.05, 0) is 53.6 Å². The van der Waals surface area contributed by atoms with Crippen LogP contribution in [0.3, 0.4) is 0 Å². The van der Waals surface area contributed by atoms with Crippen LogP contribution in [0.4, 0.5) is 0 Å². The Morgan fingerprint density at radius 2 is 2.21 bits per heavy atom. The Balaban J connectivity index is 1.30. The van der Waals surface area contributed by atoms with Crippen LogP contribution < -0.4 is 0 Å². The summed E-state index contributed by atoms with van der Waals surface area (Å²) in [5.41, 5.74) is 0.636. The first-order chi connectivity index (χ1) is 11.7. The van der Waals surface area contributed by atoms with Gasteiger partial charge in [0, 0.05) is 42.3 Å². The molecule has 2 aromatic heterocycles. The second-order valence-electron chi connectivity index (χ2n) is 6.66. The van der Waals surface area contributed by atoms with Crippen molar-refractivity contribution >= 4 is 21.8 Å². The van der Waals surface area contributed by atoms with E-state index >= 15 is 0 Å². The molecule has 1 saturated heterocycles. The van der Waals surface area contributed by atoms with Gasteiger partial charge in [-0.25, -0.2) is 0 Å². The van der Waals surface area contributed by atoms with Crippen molar-refractivity contribution in [2.45, 2.75) is 38.0 Å². The Kier molecular flexibility index (Phi) is 4.35. The number of aromatic nitrogens is 3.